The lowest BCUT2D eigenvalue weighted by Crippen LogP contribution is -2.19. The standard InChI is InChI=1S/C11H21NOS/c1-11(2,3)14(13)12-9-8-10-6-4-5-7-10/h9-10H,4-8H2,1-3H3/b12-9+/t14-/m1/s1. The first-order valence-corrected chi connectivity index (χ1v) is 6.55. The largest absolute Gasteiger partial charge is 0.234 e. The molecule has 0 aliphatic heterocycles. The van der Waals surface area contributed by atoms with E-state index in [0.717, 1.165) is 12.3 Å². The average molecular weight is 215 g/mol. The van der Waals surface area contributed by atoms with Crippen LogP contribution in [0.15, 0.2) is 4.40 Å². The molecule has 2 nitrogen and oxygen atoms in total. The Bertz CT molecular complexity index is 224. The van der Waals surface area contributed by atoms with E-state index in [1.165, 1.54) is 25.7 Å². The second-order valence-corrected chi connectivity index (χ2v) is 6.97. The van der Waals surface area contributed by atoms with Gasteiger partial charge in [0.1, 0.15) is 11.0 Å². The van der Waals surface area contributed by atoms with Crippen molar-refractivity contribution >= 4 is 17.2 Å². The fourth-order valence-corrected chi connectivity index (χ4v) is 2.20. The van der Waals surface area contributed by atoms with Gasteiger partial charge in [-0.2, -0.15) is 4.40 Å². The van der Waals surface area contributed by atoms with Crippen LogP contribution >= 0.6 is 0 Å². The fraction of sp³-hybridized carbons (Fsp3) is 0.909. The summed E-state index contributed by atoms with van der Waals surface area (Å²) in [7, 11) is -1.07. The second kappa shape index (κ2) is 5.06. The predicted molar refractivity (Wildman–Crippen MR) is 63.0 cm³/mol. The molecule has 0 aromatic heterocycles. The first-order chi connectivity index (χ1) is 6.50. The van der Waals surface area contributed by atoms with Gasteiger partial charge in [-0.25, -0.2) is 4.21 Å². The number of rotatable bonds is 3. The van der Waals surface area contributed by atoms with Crippen LogP contribution in [0.3, 0.4) is 0 Å². The lowest BCUT2D eigenvalue weighted by atomic mass is 10.1. The number of hydrogen-bond donors (Lipinski definition) is 0. The summed E-state index contributed by atoms with van der Waals surface area (Å²) < 4.78 is 15.4. The molecular formula is C11H21NOS. The van der Waals surface area contributed by atoms with Crippen molar-refractivity contribution in [3.05, 3.63) is 0 Å². The summed E-state index contributed by atoms with van der Waals surface area (Å²) in [5.74, 6) is 0.802. The first kappa shape index (κ1) is 11.9. The van der Waals surface area contributed by atoms with Gasteiger partial charge in [-0.15, -0.1) is 0 Å². The van der Waals surface area contributed by atoms with Crippen LogP contribution in [-0.2, 0) is 11.0 Å². The molecule has 14 heavy (non-hydrogen) atoms. The van der Waals surface area contributed by atoms with E-state index >= 15 is 0 Å². The Morgan fingerprint density at radius 1 is 1.36 bits per heavy atom. The van der Waals surface area contributed by atoms with Gasteiger partial charge in [0.15, 0.2) is 0 Å². The van der Waals surface area contributed by atoms with Crippen LogP contribution in [0.2, 0.25) is 0 Å². The van der Waals surface area contributed by atoms with E-state index in [-0.39, 0.29) is 4.75 Å². The molecule has 1 fully saturated rings. The minimum absolute atomic E-state index is 0.216. The zero-order chi connectivity index (χ0) is 10.6. The van der Waals surface area contributed by atoms with Gasteiger partial charge in [0, 0.05) is 6.21 Å². The third-order valence-electron chi connectivity index (χ3n) is 2.61. The quantitative estimate of drug-likeness (QED) is 0.665. The van der Waals surface area contributed by atoms with E-state index in [0.29, 0.717) is 0 Å². The average Bonchev–Trinajstić information content (AvgIpc) is 2.55. The minimum Gasteiger partial charge on any atom is -0.234 e. The lowest BCUT2D eigenvalue weighted by molar-refractivity contribution is 0.577. The van der Waals surface area contributed by atoms with E-state index in [9.17, 15) is 4.21 Å². The van der Waals surface area contributed by atoms with Crippen LogP contribution < -0.4 is 0 Å². The maximum Gasteiger partial charge on any atom is 0.144 e. The van der Waals surface area contributed by atoms with Gasteiger partial charge in [0.25, 0.3) is 0 Å². The highest BCUT2D eigenvalue weighted by atomic mass is 32.2. The van der Waals surface area contributed by atoms with E-state index in [2.05, 4.69) is 4.40 Å². The Hall–Kier alpha value is -0.180. The van der Waals surface area contributed by atoms with Gasteiger partial charge in [-0.1, -0.05) is 25.7 Å². The Balaban J connectivity index is 2.29. The molecule has 0 unspecified atom stereocenters. The third kappa shape index (κ3) is 3.91. The zero-order valence-electron chi connectivity index (χ0n) is 9.45. The van der Waals surface area contributed by atoms with Crippen LogP contribution in [0.5, 0.6) is 0 Å². The van der Waals surface area contributed by atoms with Crippen molar-refractivity contribution in [3.8, 4) is 0 Å². The van der Waals surface area contributed by atoms with Gasteiger partial charge >= 0.3 is 0 Å². The molecule has 1 saturated carbocycles. The summed E-state index contributed by atoms with van der Waals surface area (Å²) in [6.45, 7) is 5.86. The van der Waals surface area contributed by atoms with Crippen LogP contribution in [0.4, 0.5) is 0 Å². The molecule has 0 N–H and O–H groups in total. The van der Waals surface area contributed by atoms with E-state index in [4.69, 9.17) is 0 Å². The summed E-state index contributed by atoms with van der Waals surface area (Å²) in [4.78, 5) is 0. The SMILES string of the molecule is CC(C)(C)[S@@](=O)/N=C/CC1CCCC1. The highest BCUT2D eigenvalue weighted by Gasteiger charge is 2.18. The number of hydrogen-bond acceptors (Lipinski definition) is 1. The zero-order valence-corrected chi connectivity index (χ0v) is 10.3. The molecule has 3 heteroatoms. The molecule has 0 aromatic rings. The van der Waals surface area contributed by atoms with Crippen molar-refractivity contribution in [2.45, 2.75) is 57.6 Å². The van der Waals surface area contributed by atoms with Crippen molar-refractivity contribution in [1.82, 2.24) is 0 Å². The molecule has 0 spiro atoms. The van der Waals surface area contributed by atoms with Crippen molar-refractivity contribution in [2.75, 3.05) is 0 Å². The fourth-order valence-electron chi connectivity index (χ4n) is 1.66. The summed E-state index contributed by atoms with van der Waals surface area (Å²) >= 11 is 0. The van der Waals surface area contributed by atoms with Gasteiger partial charge in [-0.3, -0.25) is 0 Å². The van der Waals surface area contributed by atoms with Crippen LogP contribution in [-0.4, -0.2) is 15.2 Å². The molecule has 0 bridgehead atoms. The van der Waals surface area contributed by atoms with E-state index in [1.54, 1.807) is 0 Å². The highest BCUT2D eigenvalue weighted by molar-refractivity contribution is 7.85. The van der Waals surface area contributed by atoms with Gasteiger partial charge in [0.2, 0.25) is 0 Å². The number of nitrogens with zero attached hydrogens (tertiary/aromatic N) is 1. The van der Waals surface area contributed by atoms with E-state index in [1.807, 2.05) is 27.0 Å². The van der Waals surface area contributed by atoms with Crippen molar-refractivity contribution in [1.29, 1.82) is 0 Å². The summed E-state index contributed by atoms with van der Waals surface area (Å²) in [6.07, 6.45) is 8.27. The predicted octanol–water partition coefficient (Wildman–Crippen LogP) is 3.10. The van der Waals surface area contributed by atoms with Crippen LogP contribution in [0.25, 0.3) is 0 Å². The maximum absolute atomic E-state index is 11.6. The van der Waals surface area contributed by atoms with Crippen molar-refractivity contribution in [3.63, 3.8) is 0 Å². The van der Waals surface area contributed by atoms with Gasteiger partial charge < -0.3 is 0 Å². The van der Waals surface area contributed by atoms with Gasteiger partial charge in [0.05, 0.1) is 4.75 Å². The minimum atomic E-state index is -1.07. The van der Waals surface area contributed by atoms with Crippen LogP contribution in [0.1, 0.15) is 52.9 Å². The summed E-state index contributed by atoms with van der Waals surface area (Å²) in [6, 6.07) is 0. The van der Waals surface area contributed by atoms with E-state index < -0.39 is 11.0 Å². The summed E-state index contributed by atoms with van der Waals surface area (Å²) in [5, 5.41) is 0. The maximum atomic E-state index is 11.6. The van der Waals surface area contributed by atoms with Crippen LogP contribution in [0, 0.1) is 5.92 Å². The van der Waals surface area contributed by atoms with Gasteiger partial charge in [-0.05, 0) is 33.1 Å². The Kier molecular flexibility index (Phi) is 4.30. The Morgan fingerprint density at radius 3 is 2.43 bits per heavy atom. The molecule has 0 heterocycles. The highest BCUT2D eigenvalue weighted by Crippen LogP contribution is 2.26. The summed E-state index contributed by atoms with van der Waals surface area (Å²) in [5.41, 5.74) is 0. The first-order valence-electron chi connectivity index (χ1n) is 5.44. The molecule has 1 rings (SSSR count). The third-order valence-corrected chi connectivity index (χ3v) is 4.00. The molecular weight excluding hydrogens is 194 g/mol. The molecule has 82 valence electrons. The second-order valence-electron chi connectivity index (χ2n) is 5.04. The smallest absolute Gasteiger partial charge is 0.144 e. The van der Waals surface area contributed by atoms with Crippen molar-refractivity contribution in [2.24, 2.45) is 10.3 Å². The Labute approximate surface area is 89.8 Å². The molecule has 1 aliphatic rings. The molecule has 0 amide bonds. The molecule has 0 saturated heterocycles. The monoisotopic (exact) mass is 215 g/mol. The molecule has 1 aliphatic carbocycles. The Morgan fingerprint density at radius 2 is 1.93 bits per heavy atom. The molecule has 1 atom stereocenters. The normalized spacial score (nSPS) is 21.9. The van der Waals surface area contributed by atoms with Crippen molar-refractivity contribution < 1.29 is 4.21 Å². The molecule has 0 radical (unpaired) electrons. The topological polar surface area (TPSA) is 29.4 Å². The lowest BCUT2D eigenvalue weighted by Gasteiger charge is -2.13. The molecule has 0 aromatic carbocycles.